The van der Waals surface area contributed by atoms with Crippen LogP contribution in [0.5, 0.6) is 0 Å². The molecule has 176 valence electrons. The third-order valence-corrected chi connectivity index (χ3v) is 5.32. The lowest BCUT2D eigenvalue weighted by Gasteiger charge is -2.31. The van der Waals surface area contributed by atoms with Crippen molar-refractivity contribution in [2.75, 3.05) is 26.2 Å². The summed E-state index contributed by atoms with van der Waals surface area (Å²) in [5, 5.41) is 2.56. The van der Waals surface area contributed by atoms with Crippen LogP contribution in [0.1, 0.15) is 29.3 Å². The van der Waals surface area contributed by atoms with Crippen LogP contribution in [0.2, 0.25) is 0 Å². The van der Waals surface area contributed by atoms with Gasteiger partial charge < -0.3 is 10.6 Å². The van der Waals surface area contributed by atoms with Crippen LogP contribution in [-0.2, 0) is 16.0 Å². The molecule has 2 heterocycles. The van der Waals surface area contributed by atoms with Gasteiger partial charge in [-0.25, -0.2) is 23.2 Å². The highest BCUT2D eigenvalue weighted by Crippen LogP contribution is 2.17. The normalized spacial score (nSPS) is 15.2. The second-order valence-electron chi connectivity index (χ2n) is 7.72. The molecular formula is C22H24F3N5O3. The molecular weight excluding hydrogens is 439 g/mol. The maximum atomic E-state index is 13.9. The highest BCUT2D eigenvalue weighted by atomic mass is 19.2. The molecule has 0 spiro atoms. The summed E-state index contributed by atoms with van der Waals surface area (Å²) < 4.78 is 40.4. The smallest absolute Gasteiger partial charge is 0.274 e. The fraction of sp³-hybridized carbons (Fsp3) is 0.364. The molecule has 1 fully saturated rings. The third kappa shape index (κ3) is 5.86. The van der Waals surface area contributed by atoms with Crippen LogP contribution in [0.3, 0.4) is 0 Å². The molecule has 1 aliphatic heterocycles. The molecule has 33 heavy (non-hydrogen) atoms. The Morgan fingerprint density at radius 3 is 2.33 bits per heavy atom. The molecule has 0 unspecified atom stereocenters. The van der Waals surface area contributed by atoms with Crippen molar-refractivity contribution >= 4 is 17.7 Å². The van der Waals surface area contributed by atoms with Crippen molar-refractivity contribution < 1.29 is 27.6 Å². The number of pyridine rings is 1. The Morgan fingerprint density at radius 2 is 1.70 bits per heavy atom. The summed E-state index contributed by atoms with van der Waals surface area (Å²) in [5.41, 5.74) is 6.15. The Labute approximate surface area is 188 Å². The summed E-state index contributed by atoms with van der Waals surface area (Å²) in [6.45, 7) is 1.82. The Bertz CT molecular complexity index is 1040. The van der Waals surface area contributed by atoms with Crippen LogP contribution in [-0.4, -0.2) is 69.8 Å². The standard InChI is InChI=1S/C22H24F3N5O3/c1-14(31)29-7-5-28(6-8-30(29)22(33)15-3-2-4-27-13-15)21(32)11-17(26)9-16-10-19(24)20(25)12-18(16)23/h2-4,10,12-13,17H,5-9,11,26H2,1H3/t17-/m1/s1. The molecule has 0 saturated carbocycles. The van der Waals surface area contributed by atoms with Crippen LogP contribution in [0.25, 0.3) is 0 Å². The first-order chi connectivity index (χ1) is 15.7. The van der Waals surface area contributed by atoms with Crippen LogP contribution in [0.4, 0.5) is 13.2 Å². The van der Waals surface area contributed by atoms with Gasteiger partial charge in [-0.05, 0) is 30.2 Å². The van der Waals surface area contributed by atoms with Gasteiger partial charge in [0.15, 0.2) is 11.6 Å². The van der Waals surface area contributed by atoms with E-state index in [9.17, 15) is 27.6 Å². The first-order valence-electron chi connectivity index (χ1n) is 10.3. The lowest BCUT2D eigenvalue weighted by Crippen LogP contribution is -2.49. The maximum absolute atomic E-state index is 13.9. The zero-order chi connectivity index (χ0) is 24.1. The minimum Gasteiger partial charge on any atom is -0.339 e. The molecule has 2 aromatic rings. The first kappa shape index (κ1) is 24.2. The van der Waals surface area contributed by atoms with E-state index in [1.165, 1.54) is 34.2 Å². The Kier molecular flexibility index (Phi) is 7.64. The van der Waals surface area contributed by atoms with Gasteiger partial charge in [-0.3, -0.25) is 19.4 Å². The fourth-order valence-corrected chi connectivity index (χ4v) is 3.64. The lowest BCUT2D eigenvalue weighted by atomic mass is 10.0. The molecule has 1 aliphatic rings. The zero-order valence-electron chi connectivity index (χ0n) is 18.0. The Hall–Kier alpha value is -3.47. The molecule has 1 aromatic heterocycles. The quantitative estimate of drug-likeness (QED) is 0.678. The van der Waals surface area contributed by atoms with Gasteiger partial charge in [0.2, 0.25) is 11.8 Å². The molecule has 1 saturated heterocycles. The van der Waals surface area contributed by atoms with E-state index in [-0.39, 0.29) is 56.4 Å². The maximum Gasteiger partial charge on any atom is 0.274 e. The van der Waals surface area contributed by atoms with Gasteiger partial charge >= 0.3 is 0 Å². The van der Waals surface area contributed by atoms with E-state index >= 15 is 0 Å². The minimum atomic E-state index is -1.30. The molecule has 1 aromatic carbocycles. The van der Waals surface area contributed by atoms with Gasteiger partial charge in [0.05, 0.1) is 18.7 Å². The van der Waals surface area contributed by atoms with Crippen molar-refractivity contribution in [3.05, 3.63) is 65.2 Å². The molecule has 2 N–H and O–H groups in total. The highest BCUT2D eigenvalue weighted by Gasteiger charge is 2.30. The number of rotatable bonds is 5. The van der Waals surface area contributed by atoms with E-state index in [0.717, 1.165) is 6.07 Å². The van der Waals surface area contributed by atoms with Crippen molar-refractivity contribution in [1.29, 1.82) is 0 Å². The van der Waals surface area contributed by atoms with E-state index in [0.29, 0.717) is 11.6 Å². The number of hydrogen-bond acceptors (Lipinski definition) is 5. The summed E-state index contributed by atoms with van der Waals surface area (Å²) in [6, 6.07) is 3.53. The number of nitrogens with zero attached hydrogens (tertiary/aromatic N) is 4. The first-order valence-corrected chi connectivity index (χ1v) is 10.3. The number of benzene rings is 1. The number of carbonyl (C=O) groups excluding carboxylic acids is 3. The summed E-state index contributed by atoms with van der Waals surface area (Å²) in [6.07, 6.45) is 2.59. The number of hydrogen-bond donors (Lipinski definition) is 1. The van der Waals surface area contributed by atoms with E-state index < -0.39 is 29.4 Å². The van der Waals surface area contributed by atoms with Crippen LogP contribution in [0.15, 0.2) is 36.7 Å². The third-order valence-electron chi connectivity index (χ3n) is 5.32. The SMILES string of the molecule is CC(=O)N1CCN(C(=O)C[C@H](N)Cc2cc(F)c(F)cc2F)CCN1C(=O)c1cccnc1. The molecule has 0 bridgehead atoms. The van der Waals surface area contributed by atoms with Crippen molar-refractivity contribution in [3.8, 4) is 0 Å². The van der Waals surface area contributed by atoms with Gasteiger partial charge in [0.25, 0.3) is 5.91 Å². The molecule has 11 heteroatoms. The predicted molar refractivity (Wildman–Crippen MR) is 112 cm³/mol. The summed E-state index contributed by atoms with van der Waals surface area (Å²) in [5.74, 6) is -4.56. The number of hydrazine groups is 1. The van der Waals surface area contributed by atoms with E-state index in [1.807, 2.05) is 0 Å². The molecule has 8 nitrogen and oxygen atoms in total. The average molecular weight is 463 g/mol. The van der Waals surface area contributed by atoms with Gasteiger partial charge in [-0.1, -0.05) is 0 Å². The molecule has 0 radical (unpaired) electrons. The number of nitrogens with two attached hydrogens (primary N) is 1. The zero-order valence-corrected chi connectivity index (χ0v) is 18.0. The highest BCUT2D eigenvalue weighted by molar-refractivity contribution is 5.95. The lowest BCUT2D eigenvalue weighted by molar-refractivity contribution is -0.141. The summed E-state index contributed by atoms with van der Waals surface area (Å²) >= 11 is 0. The average Bonchev–Trinajstić information content (AvgIpc) is 3.01. The summed E-state index contributed by atoms with van der Waals surface area (Å²) in [4.78, 5) is 43.2. The van der Waals surface area contributed by atoms with Crippen LogP contribution >= 0.6 is 0 Å². The summed E-state index contributed by atoms with van der Waals surface area (Å²) in [7, 11) is 0. The number of carbonyl (C=O) groups is 3. The second kappa shape index (κ2) is 10.4. The molecule has 3 rings (SSSR count). The second-order valence-corrected chi connectivity index (χ2v) is 7.72. The van der Waals surface area contributed by atoms with Crippen LogP contribution < -0.4 is 5.73 Å². The van der Waals surface area contributed by atoms with Gasteiger partial charge in [-0.2, -0.15) is 0 Å². The van der Waals surface area contributed by atoms with Crippen molar-refractivity contribution in [2.24, 2.45) is 5.73 Å². The Balaban J connectivity index is 1.65. The topological polar surface area (TPSA) is 99.8 Å². The van der Waals surface area contributed by atoms with Gasteiger partial charge in [-0.15, -0.1) is 0 Å². The monoisotopic (exact) mass is 463 g/mol. The number of amides is 3. The van der Waals surface area contributed by atoms with Crippen molar-refractivity contribution in [2.45, 2.75) is 25.8 Å². The fourth-order valence-electron chi connectivity index (χ4n) is 3.64. The molecule has 0 aliphatic carbocycles. The van der Waals surface area contributed by atoms with Gasteiger partial charge in [0.1, 0.15) is 5.82 Å². The number of aromatic nitrogens is 1. The van der Waals surface area contributed by atoms with Crippen LogP contribution in [0, 0.1) is 17.5 Å². The molecule has 3 amide bonds. The van der Waals surface area contributed by atoms with Crippen molar-refractivity contribution in [3.63, 3.8) is 0 Å². The molecule has 1 atom stereocenters. The van der Waals surface area contributed by atoms with Crippen molar-refractivity contribution in [1.82, 2.24) is 19.9 Å². The van der Waals surface area contributed by atoms with E-state index in [4.69, 9.17) is 5.73 Å². The van der Waals surface area contributed by atoms with E-state index in [2.05, 4.69) is 4.98 Å². The largest absolute Gasteiger partial charge is 0.339 e. The van der Waals surface area contributed by atoms with E-state index in [1.54, 1.807) is 12.1 Å². The number of halogens is 3. The predicted octanol–water partition coefficient (Wildman–Crippen LogP) is 1.51. The van der Waals surface area contributed by atoms with Gasteiger partial charge in [0, 0.05) is 50.9 Å². The minimum absolute atomic E-state index is 0.0755. The Morgan fingerprint density at radius 1 is 1.03 bits per heavy atom.